The average Bonchev–Trinajstić information content (AvgIpc) is 3.03. The van der Waals surface area contributed by atoms with Crippen LogP contribution < -0.4 is 5.32 Å². The van der Waals surface area contributed by atoms with Gasteiger partial charge in [0, 0.05) is 41.6 Å². The highest BCUT2D eigenvalue weighted by Crippen LogP contribution is 2.16. The van der Waals surface area contributed by atoms with E-state index in [9.17, 15) is 4.39 Å². The smallest absolute Gasteiger partial charge is 0.123 e. The fourth-order valence-corrected chi connectivity index (χ4v) is 2.86. The molecule has 0 radical (unpaired) electrons. The minimum Gasteiger partial charge on any atom is -0.346 e. The minimum absolute atomic E-state index is 0.180. The molecule has 0 aliphatic carbocycles. The molecule has 0 saturated carbocycles. The summed E-state index contributed by atoms with van der Waals surface area (Å²) in [5.41, 5.74) is 1.08. The highest BCUT2D eigenvalue weighted by atomic mass is 32.1. The third-order valence-corrected chi connectivity index (χ3v) is 4.02. The van der Waals surface area contributed by atoms with Crippen LogP contribution in [0.2, 0.25) is 0 Å². The number of fused-ring (bicyclic) bond motifs is 1. The van der Waals surface area contributed by atoms with Gasteiger partial charge >= 0.3 is 0 Å². The van der Waals surface area contributed by atoms with E-state index < -0.39 is 0 Å². The molecule has 1 aromatic carbocycles. The van der Waals surface area contributed by atoms with Crippen molar-refractivity contribution in [2.24, 2.45) is 0 Å². The molecule has 0 fully saturated rings. The summed E-state index contributed by atoms with van der Waals surface area (Å²) in [6.45, 7) is 2.70. The molecule has 4 heteroatoms. The maximum atomic E-state index is 13.1. The first-order valence-corrected chi connectivity index (χ1v) is 7.18. The summed E-state index contributed by atoms with van der Waals surface area (Å²) in [5.74, 6) is -0.180. The lowest BCUT2D eigenvalue weighted by molar-refractivity contribution is 0.611. The van der Waals surface area contributed by atoms with Gasteiger partial charge in [-0.15, -0.1) is 11.3 Å². The molecule has 3 aromatic rings. The van der Waals surface area contributed by atoms with Gasteiger partial charge in [0.05, 0.1) is 0 Å². The van der Waals surface area contributed by atoms with Crippen LogP contribution in [0.15, 0.2) is 48.0 Å². The predicted molar refractivity (Wildman–Crippen MR) is 77.9 cm³/mol. The Labute approximate surface area is 115 Å². The third kappa shape index (κ3) is 2.85. The van der Waals surface area contributed by atoms with E-state index >= 15 is 0 Å². The van der Waals surface area contributed by atoms with Crippen LogP contribution in [0.4, 0.5) is 4.39 Å². The molecule has 98 valence electrons. The monoisotopic (exact) mass is 274 g/mol. The van der Waals surface area contributed by atoms with E-state index in [4.69, 9.17) is 0 Å². The molecule has 0 atom stereocenters. The van der Waals surface area contributed by atoms with Gasteiger partial charge in [-0.1, -0.05) is 6.07 Å². The fourth-order valence-electron chi connectivity index (χ4n) is 2.19. The first-order valence-electron chi connectivity index (χ1n) is 6.30. The topological polar surface area (TPSA) is 17.0 Å². The van der Waals surface area contributed by atoms with E-state index in [2.05, 4.69) is 27.4 Å². The van der Waals surface area contributed by atoms with Crippen LogP contribution in [0.5, 0.6) is 0 Å². The summed E-state index contributed by atoms with van der Waals surface area (Å²) in [7, 11) is 0. The standard InChI is InChI=1S/C15H15FN2S/c16-13-3-4-15-12(10-13)5-7-18(15)8-6-17-11-14-2-1-9-19-14/h1-5,7,9-10,17H,6,8,11H2. The molecule has 1 N–H and O–H groups in total. The second-order valence-electron chi connectivity index (χ2n) is 4.47. The number of halogens is 1. The van der Waals surface area contributed by atoms with Gasteiger partial charge in [-0.25, -0.2) is 4.39 Å². The summed E-state index contributed by atoms with van der Waals surface area (Å²) >= 11 is 1.76. The van der Waals surface area contributed by atoms with Crippen molar-refractivity contribution in [2.45, 2.75) is 13.1 Å². The van der Waals surface area contributed by atoms with Crippen molar-refractivity contribution < 1.29 is 4.39 Å². The van der Waals surface area contributed by atoms with Crippen molar-refractivity contribution in [1.29, 1.82) is 0 Å². The summed E-state index contributed by atoms with van der Waals surface area (Å²) < 4.78 is 15.2. The molecule has 0 amide bonds. The van der Waals surface area contributed by atoms with Gasteiger partial charge in [0.15, 0.2) is 0 Å². The summed E-state index contributed by atoms with van der Waals surface area (Å²) in [6, 6.07) is 11.1. The van der Waals surface area contributed by atoms with Crippen LogP contribution in [0.25, 0.3) is 10.9 Å². The van der Waals surface area contributed by atoms with E-state index in [0.29, 0.717) is 0 Å². The number of benzene rings is 1. The first-order chi connectivity index (χ1) is 9.33. The van der Waals surface area contributed by atoms with Crippen molar-refractivity contribution in [3.8, 4) is 0 Å². The largest absolute Gasteiger partial charge is 0.346 e. The van der Waals surface area contributed by atoms with Gasteiger partial charge in [0.1, 0.15) is 5.82 Å². The minimum atomic E-state index is -0.180. The van der Waals surface area contributed by atoms with Gasteiger partial charge in [-0.3, -0.25) is 0 Å². The van der Waals surface area contributed by atoms with E-state index in [1.54, 1.807) is 17.4 Å². The number of hydrogen-bond acceptors (Lipinski definition) is 2. The van der Waals surface area contributed by atoms with Crippen LogP contribution >= 0.6 is 11.3 Å². The number of nitrogens with zero attached hydrogens (tertiary/aromatic N) is 1. The predicted octanol–water partition coefficient (Wildman–Crippen LogP) is 3.63. The second-order valence-corrected chi connectivity index (χ2v) is 5.50. The summed E-state index contributed by atoms with van der Waals surface area (Å²) in [5, 5.41) is 6.46. The lowest BCUT2D eigenvalue weighted by Gasteiger charge is -2.06. The normalized spacial score (nSPS) is 11.2. The van der Waals surface area contributed by atoms with E-state index in [0.717, 1.165) is 30.5 Å². The van der Waals surface area contributed by atoms with Crippen molar-refractivity contribution in [1.82, 2.24) is 9.88 Å². The lowest BCUT2D eigenvalue weighted by atomic mass is 10.2. The Morgan fingerprint density at radius 2 is 2.16 bits per heavy atom. The zero-order valence-corrected chi connectivity index (χ0v) is 11.3. The van der Waals surface area contributed by atoms with Crippen molar-refractivity contribution >= 4 is 22.2 Å². The maximum Gasteiger partial charge on any atom is 0.123 e. The molecule has 0 aliphatic heterocycles. The van der Waals surface area contributed by atoms with Gasteiger partial charge in [0.25, 0.3) is 0 Å². The van der Waals surface area contributed by atoms with Crippen molar-refractivity contribution in [2.75, 3.05) is 6.54 Å². The van der Waals surface area contributed by atoms with Crippen LogP contribution in [0.3, 0.4) is 0 Å². The highest BCUT2D eigenvalue weighted by molar-refractivity contribution is 7.09. The Bertz CT molecular complexity index is 658. The molecule has 3 rings (SSSR count). The molecular formula is C15H15FN2S. The lowest BCUT2D eigenvalue weighted by Crippen LogP contribution is -2.18. The summed E-state index contributed by atoms with van der Waals surface area (Å²) in [4.78, 5) is 1.35. The number of thiophene rings is 1. The van der Waals surface area contributed by atoms with Crippen LogP contribution in [0.1, 0.15) is 4.88 Å². The number of nitrogens with one attached hydrogen (secondary N) is 1. The average molecular weight is 274 g/mol. The van der Waals surface area contributed by atoms with Crippen molar-refractivity contribution in [3.05, 3.63) is 58.7 Å². The highest BCUT2D eigenvalue weighted by Gasteiger charge is 2.01. The van der Waals surface area contributed by atoms with Crippen LogP contribution in [0, 0.1) is 5.82 Å². The first kappa shape index (κ1) is 12.4. The third-order valence-electron chi connectivity index (χ3n) is 3.14. The molecule has 0 unspecified atom stereocenters. The van der Waals surface area contributed by atoms with Gasteiger partial charge < -0.3 is 9.88 Å². The summed E-state index contributed by atoms with van der Waals surface area (Å²) in [6.07, 6.45) is 2.01. The maximum absolute atomic E-state index is 13.1. The molecule has 2 nitrogen and oxygen atoms in total. The van der Waals surface area contributed by atoms with Gasteiger partial charge in [-0.2, -0.15) is 0 Å². The molecule has 2 heterocycles. The quantitative estimate of drug-likeness (QED) is 0.703. The van der Waals surface area contributed by atoms with Crippen molar-refractivity contribution in [3.63, 3.8) is 0 Å². The SMILES string of the molecule is Fc1ccc2c(ccn2CCNCc2cccs2)c1. The van der Waals surface area contributed by atoms with Crippen LogP contribution in [-0.4, -0.2) is 11.1 Å². The Hall–Kier alpha value is -1.65. The second kappa shape index (κ2) is 5.55. The molecular weight excluding hydrogens is 259 g/mol. The van der Waals surface area contributed by atoms with Gasteiger partial charge in [0.2, 0.25) is 0 Å². The number of rotatable bonds is 5. The molecule has 0 bridgehead atoms. The van der Waals surface area contributed by atoms with Crippen LogP contribution in [-0.2, 0) is 13.1 Å². The molecule has 0 saturated heterocycles. The van der Waals surface area contributed by atoms with E-state index in [1.165, 1.54) is 10.9 Å². The van der Waals surface area contributed by atoms with Gasteiger partial charge in [-0.05, 0) is 35.7 Å². The number of hydrogen-bond donors (Lipinski definition) is 1. The molecule has 0 spiro atoms. The zero-order chi connectivity index (χ0) is 13.1. The molecule has 2 aromatic heterocycles. The Morgan fingerprint density at radius 1 is 1.21 bits per heavy atom. The fraction of sp³-hybridized carbons (Fsp3) is 0.200. The Balaban J connectivity index is 1.59. The molecule has 0 aliphatic rings. The van der Waals surface area contributed by atoms with E-state index in [1.807, 2.05) is 18.3 Å². The molecule has 19 heavy (non-hydrogen) atoms. The Morgan fingerprint density at radius 3 is 3.00 bits per heavy atom. The Kier molecular flexibility index (Phi) is 3.62. The number of aromatic nitrogens is 1. The zero-order valence-electron chi connectivity index (χ0n) is 10.5. The van der Waals surface area contributed by atoms with E-state index in [-0.39, 0.29) is 5.82 Å².